The van der Waals surface area contributed by atoms with E-state index in [4.69, 9.17) is 20.9 Å². The predicted octanol–water partition coefficient (Wildman–Crippen LogP) is 4.68. The van der Waals surface area contributed by atoms with E-state index in [2.05, 4.69) is 36.4 Å². The summed E-state index contributed by atoms with van der Waals surface area (Å²) in [5, 5.41) is 13.3. The van der Waals surface area contributed by atoms with Gasteiger partial charge >= 0.3 is 0 Å². The lowest BCUT2D eigenvalue weighted by atomic mass is 10.1. The lowest BCUT2D eigenvalue weighted by Gasteiger charge is -2.24. The summed E-state index contributed by atoms with van der Waals surface area (Å²) in [6.45, 7) is 0.904. The van der Waals surface area contributed by atoms with Gasteiger partial charge in [0.2, 0.25) is 5.82 Å². The molecule has 9 heteroatoms. The number of hydrogen-bond donors (Lipinski definition) is 0. The fourth-order valence-electron chi connectivity index (χ4n) is 3.12. The van der Waals surface area contributed by atoms with Crippen molar-refractivity contribution in [3.8, 4) is 23.0 Å². The standard InChI is InChI=1S/C19H13BrClN5O2/c20-13-3-1-2-12(8-13)18-22-19(28-24-18)17-15-10-27-16(9-26(15)25-23-17)11-4-6-14(21)7-5-11/h1-8,16H,9-10H2/t16-/m1/s1. The second-order valence-corrected chi connectivity index (χ2v) is 7.70. The van der Waals surface area contributed by atoms with Crippen LogP contribution in [0, 0.1) is 0 Å². The Morgan fingerprint density at radius 1 is 1.14 bits per heavy atom. The monoisotopic (exact) mass is 457 g/mol. The van der Waals surface area contributed by atoms with E-state index < -0.39 is 0 Å². The summed E-state index contributed by atoms with van der Waals surface area (Å²) < 4.78 is 14.2. The minimum absolute atomic E-state index is 0.112. The predicted molar refractivity (Wildman–Crippen MR) is 105 cm³/mol. The molecule has 0 saturated heterocycles. The highest BCUT2D eigenvalue weighted by molar-refractivity contribution is 9.10. The SMILES string of the molecule is Clc1ccc([C@H]2Cn3nnc(-c4nc(-c5cccc(Br)c5)no4)c3CO2)cc1. The molecule has 0 fully saturated rings. The Morgan fingerprint density at radius 2 is 2.00 bits per heavy atom. The molecule has 0 aliphatic carbocycles. The molecular weight excluding hydrogens is 446 g/mol. The summed E-state index contributed by atoms with van der Waals surface area (Å²) in [5.74, 6) is 0.818. The number of rotatable bonds is 3. The Labute approximate surface area is 173 Å². The number of hydrogen-bond acceptors (Lipinski definition) is 6. The number of nitrogens with zero attached hydrogens (tertiary/aromatic N) is 5. The molecule has 0 unspecified atom stereocenters. The second-order valence-electron chi connectivity index (χ2n) is 6.35. The molecule has 1 aliphatic heterocycles. The van der Waals surface area contributed by atoms with E-state index in [1.54, 1.807) is 0 Å². The normalized spacial score (nSPS) is 16.1. The van der Waals surface area contributed by atoms with Crippen LogP contribution in [0.3, 0.4) is 0 Å². The molecule has 2 aromatic carbocycles. The van der Waals surface area contributed by atoms with Gasteiger partial charge in [0, 0.05) is 15.1 Å². The fourth-order valence-corrected chi connectivity index (χ4v) is 3.65. The van der Waals surface area contributed by atoms with Crippen molar-refractivity contribution in [3.05, 3.63) is 69.3 Å². The molecule has 2 aromatic heterocycles. The molecule has 0 N–H and O–H groups in total. The molecule has 1 atom stereocenters. The topological polar surface area (TPSA) is 78.9 Å². The van der Waals surface area contributed by atoms with Crippen molar-refractivity contribution < 1.29 is 9.26 Å². The molecule has 140 valence electrons. The summed E-state index contributed by atoms with van der Waals surface area (Å²) in [7, 11) is 0. The maximum absolute atomic E-state index is 6.02. The summed E-state index contributed by atoms with van der Waals surface area (Å²) in [5.41, 5.74) is 3.25. The number of aromatic nitrogens is 5. The van der Waals surface area contributed by atoms with E-state index in [-0.39, 0.29) is 6.10 Å². The molecule has 0 saturated carbocycles. The molecular formula is C19H13BrClN5O2. The second kappa shape index (κ2) is 7.12. The van der Waals surface area contributed by atoms with Crippen molar-refractivity contribution in [2.45, 2.75) is 19.3 Å². The Morgan fingerprint density at radius 3 is 2.82 bits per heavy atom. The van der Waals surface area contributed by atoms with Gasteiger partial charge in [-0.2, -0.15) is 4.98 Å². The zero-order valence-electron chi connectivity index (χ0n) is 14.4. The Kier molecular flexibility index (Phi) is 4.46. The van der Waals surface area contributed by atoms with Gasteiger partial charge in [-0.05, 0) is 29.8 Å². The summed E-state index contributed by atoms with van der Waals surface area (Å²) in [6.07, 6.45) is -0.112. The number of benzene rings is 2. The van der Waals surface area contributed by atoms with Gasteiger partial charge in [-0.3, -0.25) is 0 Å². The van der Waals surface area contributed by atoms with Crippen LogP contribution in [0.1, 0.15) is 17.4 Å². The Hall–Kier alpha value is -2.55. The lowest BCUT2D eigenvalue weighted by Crippen LogP contribution is -2.22. The maximum atomic E-state index is 6.02. The summed E-state index contributed by atoms with van der Waals surface area (Å²) in [6, 6.07) is 15.3. The van der Waals surface area contributed by atoms with Gasteiger partial charge in [-0.15, -0.1) is 5.10 Å². The van der Waals surface area contributed by atoms with Crippen molar-refractivity contribution in [1.29, 1.82) is 0 Å². The van der Waals surface area contributed by atoms with E-state index >= 15 is 0 Å². The van der Waals surface area contributed by atoms with Crippen LogP contribution < -0.4 is 0 Å². The largest absolute Gasteiger partial charge is 0.365 e. The molecule has 5 rings (SSSR count). The van der Waals surface area contributed by atoms with Crippen LogP contribution in [0.2, 0.25) is 5.02 Å². The summed E-state index contributed by atoms with van der Waals surface area (Å²) in [4.78, 5) is 4.47. The quantitative estimate of drug-likeness (QED) is 0.443. The van der Waals surface area contributed by atoms with Crippen molar-refractivity contribution in [2.24, 2.45) is 0 Å². The van der Waals surface area contributed by atoms with Gasteiger partial charge < -0.3 is 9.26 Å². The number of halogens is 2. The molecule has 4 aromatic rings. The molecule has 0 spiro atoms. The molecule has 0 amide bonds. The lowest BCUT2D eigenvalue weighted by molar-refractivity contribution is -0.00117. The van der Waals surface area contributed by atoms with Crippen LogP contribution in [0.4, 0.5) is 0 Å². The van der Waals surface area contributed by atoms with Gasteiger partial charge in [0.1, 0.15) is 6.10 Å². The Balaban J connectivity index is 1.42. The van der Waals surface area contributed by atoms with E-state index in [1.807, 2.05) is 53.2 Å². The van der Waals surface area contributed by atoms with Crippen LogP contribution in [0.25, 0.3) is 23.0 Å². The van der Waals surface area contributed by atoms with Crippen LogP contribution >= 0.6 is 27.5 Å². The molecule has 7 nitrogen and oxygen atoms in total. The van der Waals surface area contributed by atoms with Crippen LogP contribution in [-0.4, -0.2) is 25.1 Å². The first-order chi connectivity index (χ1) is 13.7. The summed E-state index contributed by atoms with van der Waals surface area (Å²) >= 11 is 9.41. The minimum atomic E-state index is -0.112. The minimum Gasteiger partial charge on any atom is -0.365 e. The van der Waals surface area contributed by atoms with E-state index in [0.717, 1.165) is 21.3 Å². The number of fused-ring (bicyclic) bond motifs is 1. The van der Waals surface area contributed by atoms with Crippen molar-refractivity contribution >= 4 is 27.5 Å². The van der Waals surface area contributed by atoms with Crippen LogP contribution in [-0.2, 0) is 17.9 Å². The first kappa shape index (κ1) is 17.5. The van der Waals surface area contributed by atoms with Crippen molar-refractivity contribution in [2.75, 3.05) is 0 Å². The molecule has 28 heavy (non-hydrogen) atoms. The van der Waals surface area contributed by atoms with Gasteiger partial charge in [0.15, 0.2) is 5.69 Å². The highest BCUT2D eigenvalue weighted by atomic mass is 79.9. The molecule has 0 radical (unpaired) electrons. The van der Waals surface area contributed by atoms with Gasteiger partial charge in [-0.1, -0.05) is 62.2 Å². The third-order valence-electron chi connectivity index (χ3n) is 4.55. The maximum Gasteiger partial charge on any atom is 0.280 e. The third-order valence-corrected chi connectivity index (χ3v) is 5.30. The average Bonchev–Trinajstić information content (AvgIpc) is 3.35. The zero-order chi connectivity index (χ0) is 19.1. The first-order valence-corrected chi connectivity index (χ1v) is 9.74. The highest BCUT2D eigenvalue weighted by Gasteiger charge is 2.28. The third kappa shape index (κ3) is 3.23. The average molecular weight is 459 g/mol. The molecule has 3 heterocycles. The Bertz CT molecular complexity index is 1140. The van der Waals surface area contributed by atoms with Gasteiger partial charge in [-0.25, -0.2) is 4.68 Å². The first-order valence-electron chi connectivity index (χ1n) is 8.57. The zero-order valence-corrected chi connectivity index (χ0v) is 16.8. The highest BCUT2D eigenvalue weighted by Crippen LogP contribution is 2.31. The van der Waals surface area contributed by atoms with E-state index in [0.29, 0.717) is 35.6 Å². The van der Waals surface area contributed by atoms with Gasteiger partial charge in [0.05, 0.1) is 18.8 Å². The van der Waals surface area contributed by atoms with Crippen LogP contribution in [0.5, 0.6) is 0 Å². The van der Waals surface area contributed by atoms with Gasteiger partial charge in [0.25, 0.3) is 5.89 Å². The van der Waals surface area contributed by atoms with Crippen molar-refractivity contribution in [3.63, 3.8) is 0 Å². The number of ether oxygens (including phenoxy) is 1. The van der Waals surface area contributed by atoms with E-state index in [1.165, 1.54) is 0 Å². The molecule has 1 aliphatic rings. The molecule has 0 bridgehead atoms. The van der Waals surface area contributed by atoms with Crippen molar-refractivity contribution in [1.82, 2.24) is 25.1 Å². The smallest absolute Gasteiger partial charge is 0.280 e. The van der Waals surface area contributed by atoms with E-state index in [9.17, 15) is 0 Å². The fraction of sp³-hybridized carbons (Fsp3) is 0.158. The van der Waals surface area contributed by atoms with Crippen LogP contribution in [0.15, 0.2) is 57.5 Å².